The lowest BCUT2D eigenvalue weighted by Crippen LogP contribution is -2.42. The summed E-state index contributed by atoms with van der Waals surface area (Å²) in [4.78, 5) is 11.8. The number of carboxylic acids is 1. The van der Waals surface area contributed by atoms with Crippen molar-refractivity contribution >= 4 is 5.97 Å². The summed E-state index contributed by atoms with van der Waals surface area (Å²) in [6.45, 7) is 4.20. The molecule has 0 bridgehead atoms. The summed E-state index contributed by atoms with van der Waals surface area (Å²) in [6, 6.07) is 10.3. The van der Waals surface area contributed by atoms with Gasteiger partial charge in [0.25, 0.3) is 0 Å². The predicted molar refractivity (Wildman–Crippen MR) is 112 cm³/mol. The third-order valence-corrected chi connectivity index (χ3v) is 5.81. The lowest BCUT2D eigenvalue weighted by atomic mass is 9.94. The third-order valence-electron chi connectivity index (χ3n) is 5.81. The average Bonchev–Trinajstić information content (AvgIpc) is 3.31. The van der Waals surface area contributed by atoms with E-state index in [9.17, 15) is 20.2 Å². The van der Waals surface area contributed by atoms with Crippen molar-refractivity contribution in [3.05, 3.63) is 64.7 Å². The van der Waals surface area contributed by atoms with Crippen LogP contribution in [-0.2, 0) is 11.3 Å². The maximum Gasteiger partial charge on any atom is 0.305 e. The number of aliphatic carboxylic acids is 1. The van der Waals surface area contributed by atoms with Crippen molar-refractivity contribution in [3.8, 4) is 23.0 Å². The van der Waals surface area contributed by atoms with Crippen molar-refractivity contribution in [1.82, 2.24) is 4.73 Å². The molecule has 9 heteroatoms. The van der Waals surface area contributed by atoms with Gasteiger partial charge in [-0.1, -0.05) is 12.1 Å². The molecule has 0 radical (unpaired) electrons. The van der Waals surface area contributed by atoms with E-state index in [2.05, 4.69) is 0 Å². The average molecular weight is 441 g/mol. The minimum absolute atomic E-state index is 0.0506. The van der Waals surface area contributed by atoms with E-state index < -0.39 is 11.9 Å². The molecule has 4 rings (SSSR count). The van der Waals surface area contributed by atoms with E-state index in [1.165, 1.54) is 13.2 Å². The molecular formula is C23H25N2O7+. The summed E-state index contributed by atoms with van der Waals surface area (Å²) >= 11 is 0. The number of imidazole rings is 1. The maximum absolute atomic E-state index is 11.8. The van der Waals surface area contributed by atoms with E-state index >= 15 is 0 Å². The monoisotopic (exact) mass is 441 g/mol. The number of phenolic OH excluding ortho intramolecular Hbond substituents is 1. The minimum atomic E-state index is -1.02. The Balaban J connectivity index is 1.82. The number of rotatable bonds is 7. The number of hydrogen-bond donors (Lipinski definition) is 3. The maximum atomic E-state index is 11.8. The van der Waals surface area contributed by atoms with E-state index in [0.717, 1.165) is 16.0 Å². The summed E-state index contributed by atoms with van der Waals surface area (Å²) in [5, 5.41) is 30.5. The molecule has 3 aromatic rings. The molecule has 1 atom stereocenters. The number of carbonyl (C=O) groups is 1. The highest BCUT2D eigenvalue weighted by Crippen LogP contribution is 2.35. The van der Waals surface area contributed by atoms with Crippen molar-refractivity contribution in [2.75, 3.05) is 13.9 Å². The number of aromatic nitrogens is 2. The largest absolute Gasteiger partial charge is 0.504 e. The van der Waals surface area contributed by atoms with Gasteiger partial charge in [-0.05, 0) is 40.1 Å². The molecular weight excluding hydrogens is 416 g/mol. The molecule has 1 aromatic heterocycles. The van der Waals surface area contributed by atoms with Gasteiger partial charge in [-0.3, -0.25) is 4.79 Å². The summed E-state index contributed by atoms with van der Waals surface area (Å²) in [5.41, 5.74) is 2.89. The van der Waals surface area contributed by atoms with Crippen molar-refractivity contribution in [2.45, 2.75) is 32.7 Å². The molecule has 1 aliphatic heterocycles. The fourth-order valence-electron chi connectivity index (χ4n) is 4.01. The number of ether oxygens (including phenoxy) is 3. The Morgan fingerprint density at radius 1 is 1.19 bits per heavy atom. The summed E-state index contributed by atoms with van der Waals surface area (Å²) < 4.78 is 19.0. The predicted octanol–water partition coefficient (Wildman–Crippen LogP) is 2.73. The molecule has 0 spiro atoms. The van der Waals surface area contributed by atoms with Gasteiger partial charge < -0.3 is 29.6 Å². The zero-order valence-corrected chi connectivity index (χ0v) is 18.0. The highest BCUT2D eigenvalue weighted by atomic mass is 16.7. The Hall–Kier alpha value is -3.88. The van der Waals surface area contributed by atoms with Crippen LogP contribution in [0.2, 0.25) is 0 Å². The SMILES string of the molecule is COc1cc([C@@H](CC(=O)O)c2n(O)c(C)c(C)[n+]2Cc2ccc3c(c2)OCO3)ccc1O. The summed E-state index contributed by atoms with van der Waals surface area (Å²) in [5.74, 6) is 0.184. The zero-order chi connectivity index (χ0) is 23.0. The second kappa shape index (κ2) is 8.33. The van der Waals surface area contributed by atoms with Gasteiger partial charge in [0.2, 0.25) is 6.79 Å². The van der Waals surface area contributed by atoms with Crippen molar-refractivity contribution in [1.29, 1.82) is 0 Å². The Bertz CT molecular complexity index is 1190. The number of nitrogens with zero attached hydrogens (tertiary/aromatic N) is 2. The van der Waals surface area contributed by atoms with Gasteiger partial charge >= 0.3 is 11.8 Å². The number of hydrogen-bond acceptors (Lipinski definition) is 6. The second-order valence-electron chi connectivity index (χ2n) is 7.70. The van der Waals surface area contributed by atoms with Crippen LogP contribution in [-0.4, -0.2) is 40.0 Å². The second-order valence-corrected chi connectivity index (χ2v) is 7.70. The molecule has 168 valence electrons. The molecule has 0 amide bonds. The molecule has 2 heterocycles. The molecule has 0 unspecified atom stereocenters. The highest BCUT2D eigenvalue weighted by molar-refractivity contribution is 5.68. The molecule has 0 saturated heterocycles. The van der Waals surface area contributed by atoms with Gasteiger partial charge in [0.1, 0.15) is 12.2 Å². The van der Waals surface area contributed by atoms with Gasteiger partial charge in [0.15, 0.2) is 28.7 Å². The normalized spacial score (nSPS) is 13.2. The van der Waals surface area contributed by atoms with Gasteiger partial charge in [-0.15, -0.1) is 0 Å². The molecule has 1 aliphatic rings. The highest BCUT2D eigenvalue weighted by Gasteiger charge is 2.36. The van der Waals surface area contributed by atoms with Crippen LogP contribution in [0.5, 0.6) is 23.0 Å². The smallest absolute Gasteiger partial charge is 0.305 e. The van der Waals surface area contributed by atoms with Gasteiger partial charge in [0, 0.05) is 13.8 Å². The quantitative estimate of drug-likeness (QED) is 0.382. The Morgan fingerprint density at radius 3 is 2.66 bits per heavy atom. The Labute approximate surface area is 184 Å². The molecule has 2 aromatic carbocycles. The van der Waals surface area contributed by atoms with E-state index in [4.69, 9.17) is 14.2 Å². The first-order chi connectivity index (χ1) is 15.3. The number of carboxylic acid groups (broad SMARTS) is 1. The first kappa shape index (κ1) is 21.4. The molecule has 9 nitrogen and oxygen atoms in total. The van der Waals surface area contributed by atoms with Crippen LogP contribution >= 0.6 is 0 Å². The van der Waals surface area contributed by atoms with Crippen LogP contribution in [0.3, 0.4) is 0 Å². The van der Waals surface area contributed by atoms with Crippen molar-refractivity contribution in [2.24, 2.45) is 0 Å². The topological polar surface area (TPSA) is 114 Å². The Morgan fingerprint density at radius 2 is 1.94 bits per heavy atom. The van der Waals surface area contributed by atoms with Crippen LogP contribution in [0.4, 0.5) is 0 Å². The molecule has 32 heavy (non-hydrogen) atoms. The van der Waals surface area contributed by atoms with Gasteiger partial charge in [0.05, 0.1) is 19.4 Å². The first-order valence-corrected chi connectivity index (χ1v) is 10.1. The van der Waals surface area contributed by atoms with Gasteiger partial charge in [-0.2, -0.15) is 0 Å². The first-order valence-electron chi connectivity index (χ1n) is 10.1. The van der Waals surface area contributed by atoms with E-state index in [0.29, 0.717) is 35.1 Å². The van der Waals surface area contributed by atoms with Crippen molar-refractivity contribution in [3.63, 3.8) is 0 Å². The van der Waals surface area contributed by atoms with Crippen LogP contribution in [0.25, 0.3) is 0 Å². The number of benzene rings is 2. The van der Waals surface area contributed by atoms with Crippen LogP contribution in [0, 0.1) is 13.8 Å². The number of methoxy groups -OCH3 is 1. The zero-order valence-electron chi connectivity index (χ0n) is 18.0. The molecule has 3 N–H and O–H groups in total. The van der Waals surface area contributed by atoms with Crippen LogP contribution < -0.4 is 18.8 Å². The standard InChI is InChI=1S/C23H24N2O7/c1-13-14(2)25(29)23(24(13)11-15-4-7-19-21(8-15)32-12-31-19)17(10-22(27)28)16-5-6-18(26)20(9-16)30-3/h4-9,17H,10-12H2,1-3H3,(H2-,26,27,28,29)/p+1/t17-/m1/s1. The molecule has 0 saturated carbocycles. The number of fused-ring (bicyclic) bond motifs is 1. The number of aromatic hydroxyl groups is 1. The number of phenols is 1. The molecule has 0 fully saturated rings. The minimum Gasteiger partial charge on any atom is -0.504 e. The summed E-state index contributed by atoms with van der Waals surface area (Å²) in [6.07, 6.45) is -0.265. The van der Waals surface area contributed by atoms with Crippen molar-refractivity contribution < 1.29 is 39.0 Å². The fourth-order valence-corrected chi connectivity index (χ4v) is 4.01. The van der Waals surface area contributed by atoms with Crippen LogP contribution in [0.15, 0.2) is 36.4 Å². The Kier molecular flexibility index (Phi) is 5.56. The van der Waals surface area contributed by atoms with E-state index in [1.807, 2.05) is 29.7 Å². The van der Waals surface area contributed by atoms with Crippen LogP contribution in [0.1, 0.15) is 40.7 Å². The fraction of sp³-hybridized carbons (Fsp3) is 0.304. The van der Waals surface area contributed by atoms with E-state index in [-0.39, 0.29) is 24.7 Å². The summed E-state index contributed by atoms with van der Waals surface area (Å²) in [7, 11) is 1.42. The molecule has 0 aliphatic carbocycles. The third kappa shape index (κ3) is 3.77. The lowest BCUT2D eigenvalue weighted by Gasteiger charge is -2.15. The van der Waals surface area contributed by atoms with E-state index in [1.54, 1.807) is 19.1 Å². The van der Waals surface area contributed by atoms with Gasteiger partial charge in [-0.25, -0.2) is 4.57 Å². The lowest BCUT2D eigenvalue weighted by molar-refractivity contribution is -0.703.